The molecule has 0 radical (unpaired) electrons. The number of fused-ring (bicyclic) bond motifs is 1. The number of amides is 1. The fourth-order valence-electron chi connectivity index (χ4n) is 3.21. The Labute approximate surface area is 133 Å². The third-order valence-electron chi connectivity index (χ3n) is 4.24. The van der Waals surface area contributed by atoms with Crippen molar-refractivity contribution in [2.75, 3.05) is 13.3 Å². The first kappa shape index (κ1) is 15.4. The third kappa shape index (κ3) is 2.47. The standard InChI is InChI=1S/C10H19BN5O6P/c11-23(19)20-1-3-6(22-23)5(17)9(21-3)16-2-13-4-7(16)14-10(12)15-8(4)18/h3,5-6,9-10,13-14,17,19,23H,1-2,11-12H2,(H,15,18)/t3?,5?,6-,9?,10?/m1/s1. The van der Waals surface area contributed by atoms with Crippen LogP contribution in [0.3, 0.4) is 0 Å². The van der Waals surface area contributed by atoms with Gasteiger partial charge in [-0.1, -0.05) is 0 Å². The molecule has 0 bridgehead atoms. The Bertz CT molecular complexity index is 578. The molecule has 7 N–H and O–H groups in total. The molecule has 1 amide bonds. The van der Waals surface area contributed by atoms with E-state index in [1.165, 1.54) is 7.57 Å². The Morgan fingerprint density at radius 2 is 2.22 bits per heavy atom. The molecule has 5 atom stereocenters. The van der Waals surface area contributed by atoms with E-state index in [-0.39, 0.29) is 19.2 Å². The molecule has 2 saturated heterocycles. The van der Waals surface area contributed by atoms with Crippen LogP contribution in [0.4, 0.5) is 0 Å². The Balaban J connectivity index is 1.57. The minimum atomic E-state index is -3.23. The summed E-state index contributed by atoms with van der Waals surface area (Å²) in [5, 5.41) is 19.0. The van der Waals surface area contributed by atoms with E-state index in [0.717, 1.165) is 0 Å². The zero-order chi connectivity index (χ0) is 16.4. The number of rotatable bonds is 1. The van der Waals surface area contributed by atoms with Gasteiger partial charge in [0.2, 0.25) is 0 Å². The predicted molar refractivity (Wildman–Crippen MR) is 80.7 cm³/mol. The van der Waals surface area contributed by atoms with Gasteiger partial charge in [0.25, 0.3) is 0 Å². The van der Waals surface area contributed by atoms with E-state index in [9.17, 15) is 14.8 Å². The molecule has 4 rings (SSSR count). The van der Waals surface area contributed by atoms with Crippen molar-refractivity contribution in [2.45, 2.75) is 30.8 Å². The Kier molecular flexibility index (Phi) is 3.47. The van der Waals surface area contributed by atoms with Gasteiger partial charge < -0.3 is 0 Å². The molecule has 4 aliphatic rings. The fraction of sp³-hybridized carbons (Fsp3) is 0.700. The van der Waals surface area contributed by atoms with Gasteiger partial charge in [0.15, 0.2) is 0 Å². The van der Waals surface area contributed by atoms with E-state index in [2.05, 4.69) is 16.0 Å². The molecule has 0 aromatic heterocycles. The zero-order valence-electron chi connectivity index (χ0n) is 12.4. The minimum absolute atomic E-state index is 0.151. The van der Waals surface area contributed by atoms with Crippen LogP contribution < -0.4 is 21.7 Å². The van der Waals surface area contributed by atoms with Crippen LogP contribution in [0.25, 0.3) is 0 Å². The first-order valence-corrected chi connectivity index (χ1v) is 9.57. The molecule has 4 aliphatic heterocycles. The number of nitrogens with two attached hydrogens (primary N) is 1. The van der Waals surface area contributed by atoms with Crippen molar-refractivity contribution in [1.82, 2.24) is 20.9 Å². The molecule has 0 aromatic carbocycles. The summed E-state index contributed by atoms with van der Waals surface area (Å²) in [6.07, 6.45) is -3.64. The molecular formula is C10H19BN5O6P. The number of hydrogen-bond donors (Lipinski definition) is 6. The molecular weight excluding hydrogens is 328 g/mol. The van der Waals surface area contributed by atoms with Gasteiger partial charge in [-0.3, -0.25) is 0 Å². The predicted octanol–water partition coefficient (Wildman–Crippen LogP) is -4.48. The maximum atomic E-state index is 11.9. The van der Waals surface area contributed by atoms with Gasteiger partial charge in [0.1, 0.15) is 0 Å². The summed E-state index contributed by atoms with van der Waals surface area (Å²) >= 11 is 0. The zero-order valence-corrected chi connectivity index (χ0v) is 13.4. The van der Waals surface area contributed by atoms with Crippen LogP contribution in [0.2, 0.25) is 0 Å². The number of carbonyl (C=O) groups excluding carboxylic acids is 1. The average molecular weight is 347 g/mol. The first-order valence-electron chi connectivity index (χ1n) is 7.31. The van der Waals surface area contributed by atoms with E-state index in [1.54, 1.807) is 4.90 Å². The SMILES string of the molecule is B[PH]1(O)OCC2OC(N3CNC4=C3NC(N)NC4=O)C(O)[C@@H]2O1. The van der Waals surface area contributed by atoms with Gasteiger partial charge >= 0.3 is 132 Å². The summed E-state index contributed by atoms with van der Waals surface area (Å²) in [5.41, 5.74) is 6.07. The summed E-state index contributed by atoms with van der Waals surface area (Å²) < 4.78 is 16.6. The monoisotopic (exact) mass is 347 g/mol. The molecule has 13 heteroatoms. The van der Waals surface area contributed by atoms with Gasteiger partial charge in [-0.2, -0.15) is 0 Å². The number of aliphatic hydroxyl groups is 1. The van der Waals surface area contributed by atoms with Crippen molar-refractivity contribution in [3.8, 4) is 0 Å². The van der Waals surface area contributed by atoms with E-state index in [0.29, 0.717) is 11.5 Å². The number of hydrogen-bond acceptors (Lipinski definition) is 10. The molecule has 4 unspecified atom stereocenters. The van der Waals surface area contributed by atoms with E-state index in [1.807, 2.05) is 0 Å². The van der Waals surface area contributed by atoms with E-state index < -0.39 is 38.7 Å². The summed E-state index contributed by atoms with van der Waals surface area (Å²) in [6, 6.07) is 0. The van der Waals surface area contributed by atoms with Crippen LogP contribution in [0.15, 0.2) is 11.5 Å². The molecule has 11 nitrogen and oxygen atoms in total. The number of ether oxygens (including phenoxy) is 1. The summed E-state index contributed by atoms with van der Waals surface area (Å²) in [7, 11) is -1.74. The molecule has 4 heterocycles. The number of carbonyl (C=O) groups is 1. The number of nitrogens with zero attached hydrogens (tertiary/aromatic N) is 1. The van der Waals surface area contributed by atoms with Crippen LogP contribution in [-0.2, 0) is 18.6 Å². The van der Waals surface area contributed by atoms with Gasteiger partial charge in [0.05, 0.1) is 0 Å². The second kappa shape index (κ2) is 5.18. The number of nitrogens with one attached hydrogen (secondary N) is 3. The Morgan fingerprint density at radius 1 is 1.43 bits per heavy atom. The van der Waals surface area contributed by atoms with Crippen molar-refractivity contribution >= 4 is 21.3 Å². The third-order valence-corrected chi connectivity index (χ3v) is 5.65. The summed E-state index contributed by atoms with van der Waals surface area (Å²) in [6.45, 7) is 0.422. The van der Waals surface area contributed by atoms with Gasteiger partial charge in [0, 0.05) is 0 Å². The number of aliphatic hydroxyl groups excluding tert-OH is 1. The fourth-order valence-corrected chi connectivity index (χ4v) is 4.55. The second-order valence-electron chi connectivity index (χ2n) is 5.97. The van der Waals surface area contributed by atoms with Crippen LogP contribution in [-0.4, -0.2) is 72.5 Å². The molecule has 0 aliphatic carbocycles. The van der Waals surface area contributed by atoms with Gasteiger partial charge in [-0.15, -0.1) is 0 Å². The maximum absolute atomic E-state index is 11.9. The Morgan fingerprint density at radius 3 is 3.00 bits per heavy atom. The van der Waals surface area contributed by atoms with Gasteiger partial charge in [-0.05, 0) is 0 Å². The van der Waals surface area contributed by atoms with Gasteiger partial charge in [-0.25, -0.2) is 0 Å². The molecule has 0 spiro atoms. The second-order valence-corrected chi connectivity index (χ2v) is 8.29. The van der Waals surface area contributed by atoms with E-state index >= 15 is 0 Å². The van der Waals surface area contributed by atoms with Crippen LogP contribution >= 0.6 is 7.82 Å². The van der Waals surface area contributed by atoms with E-state index in [4.69, 9.17) is 19.5 Å². The van der Waals surface area contributed by atoms with Crippen molar-refractivity contribution in [3.05, 3.63) is 11.5 Å². The normalized spacial score (nSPS) is 43.2. The first-order chi connectivity index (χ1) is 10.9. The molecule has 0 saturated carbocycles. The van der Waals surface area contributed by atoms with Crippen molar-refractivity contribution in [2.24, 2.45) is 5.73 Å². The van der Waals surface area contributed by atoms with Crippen molar-refractivity contribution < 1.29 is 28.6 Å². The molecule has 128 valence electrons. The molecule has 23 heavy (non-hydrogen) atoms. The summed E-state index contributed by atoms with van der Waals surface area (Å²) in [5.74, 6) is 0.141. The topological polar surface area (TPSA) is 151 Å². The molecule has 0 aromatic rings. The van der Waals surface area contributed by atoms with Crippen molar-refractivity contribution in [3.63, 3.8) is 0 Å². The van der Waals surface area contributed by atoms with Crippen molar-refractivity contribution in [1.29, 1.82) is 0 Å². The van der Waals surface area contributed by atoms with Crippen LogP contribution in [0.1, 0.15) is 0 Å². The van der Waals surface area contributed by atoms with Crippen LogP contribution in [0.5, 0.6) is 0 Å². The van der Waals surface area contributed by atoms with Crippen LogP contribution in [0, 0.1) is 0 Å². The Hall–Kier alpha value is -1.14. The average Bonchev–Trinajstić information content (AvgIpc) is 3.00. The quantitative estimate of drug-likeness (QED) is 0.202. The molecule has 2 fully saturated rings. The summed E-state index contributed by atoms with van der Waals surface area (Å²) in [4.78, 5) is 23.5.